The number of nitrogens with one attached hydrogen (secondary N) is 1. The number of carbonyl (C=O) groups excluding carboxylic acids is 1. The Hall–Kier alpha value is -0.650. The summed E-state index contributed by atoms with van der Waals surface area (Å²) < 4.78 is 15.9. The van der Waals surface area contributed by atoms with E-state index < -0.39 is 5.54 Å². The minimum absolute atomic E-state index is 0.220. The Kier molecular flexibility index (Phi) is 6.60. The van der Waals surface area contributed by atoms with Crippen LogP contribution < -0.4 is 5.32 Å². The molecule has 2 atom stereocenters. The zero-order chi connectivity index (χ0) is 13.4. The predicted octanol–water partition coefficient (Wildman–Crippen LogP) is 1.11. The maximum atomic E-state index is 11.6. The van der Waals surface area contributed by atoms with Gasteiger partial charge in [0.15, 0.2) is 0 Å². The van der Waals surface area contributed by atoms with Crippen molar-refractivity contribution in [2.24, 2.45) is 0 Å². The van der Waals surface area contributed by atoms with Gasteiger partial charge in [-0.1, -0.05) is 0 Å². The molecule has 1 aliphatic heterocycles. The van der Waals surface area contributed by atoms with Crippen LogP contribution in [0.15, 0.2) is 0 Å². The number of rotatable bonds is 7. The molecule has 2 unspecified atom stereocenters. The fourth-order valence-electron chi connectivity index (χ4n) is 1.98. The minimum atomic E-state index is -0.678. The lowest BCUT2D eigenvalue weighted by Crippen LogP contribution is -2.49. The molecule has 0 aromatic heterocycles. The van der Waals surface area contributed by atoms with Crippen LogP contribution in [0.3, 0.4) is 0 Å². The highest BCUT2D eigenvalue weighted by Gasteiger charge is 2.32. The van der Waals surface area contributed by atoms with E-state index >= 15 is 0 Å². The first-order valence-electron chi connectivity index (χ1n) is 6.59. The molecule has 1 N–H and O–H groups in total. The molecular weight excluding hydrogens is 234 g/mol. The Labute approximate surface area is 109 Å². The maximum Gasteiger partial charge on any atom is 0.325 e. The summed E-state index contributed by atoms with van der Waals surface area (Å²) >= 11 is 0. The molecule has 0 spiro atoms. The smallest absolute Gasteiger partial charge is 0.325 e. The second-order valence-electron chi connectivity index (χ2n) is 4.89. The molecule has 0 aromatic carbocycles. The number of ether oxygens (including phenoxy) is 3. The molecule has 0 aliphatic carbocycles. The number of hydrogen-bond acceptors (Lipinski definition) is 5. The van der Waals surface area contributed by atoms with E-state index in [1.165, 1.54) is 13.5 Å². The van der Waals surface area contributed by atoms with Crippen LogP contribution in [0.1, 0.15) is 32.6 Å². The third-order valence-corrected chi connectivity index (χ3v) is 3.51. The van der Waals surface area contributed by atoms with Crippen molar-refractivity contribution in [3.8, 4) is 0 Å². The first-order valence-corrected chi connectivity index (χ1v) is 6.59. The van der Waals surface area contributed by atoms with E-state index in [1.54, 1.807) is 7.05 Å². The average Bonchev–Trinajstić information content (AvgIpc) is 2.43. The van der Waals surface area contributed by atoms with Crippen molar-refractivity contribution in [2.45, 2.75) is 44.2 Å². The Morgan fingerprint density at radius 1 is 1.50 bits per heavy atom. The highest BCUT2D eigenvalue weighted by Crippen LogP contribution is 2.14. The normalized spacial score (nSPS) is 23.4. The molecule has 1 fully saturated rings. The van der Waals surface area contributed by atoms with Gasteiger partial charge in [-0.05, 0) is 39.7 Å². The largest absolute Gasteiger partial charge is 0.468 e. The fourth-order valence-corrected chi connectivity index (χ4v) is 1.98. The molecule has 0 radical (unpaired) electrons. The van der Waals surface area contributed by atoms with Crippen molar-refractivity contribution in [2.75, 3.05) is 34.0 Å². The molecule has 106 valence electrons. The molecule has 1 saturated heterocycles. The van der Waals surface area contributed by atoms with Gasteiger partial charge in [-0.3, -0.25) is 4.79 Å². The molecule has 5 heteroatoms. The van der Waals surface area contributed by atoms with Gasteiger partial charge in [0, 0.05) is 13.2 Å². The summed E-state index contributed by atoms with van der Waals surface area (Å²) in [6.07, 6.45) is 4.24. The monoisotopic (exact) mass is 259 g/mol. The van der Waals surface area contributed by atoms with Gasteiger partial charge in [-0.2, -0.15) is 0 Å². The van der Waals surface area contributed by atoms with Crippen molar-refractivity contribution >= 4 is 5.97 Å². The molecular formula is C13H25NO4. The average molecular weight is 259 g/mol. The lowest BCUT2D eigenvalue weighted by atomic mass is 9.99. The SMILES string of the molecule is CNC(C)(CCOCC1CCCCO1)C(=O)OC. The standard InChI is InChI=1S/C13H25NO4/c1-13(14-2,12(15)16-3)7-9-17-10-11-6-4-5-8-18-11/h11,14H,4-10H2,1-3H3. The first kappa shape index (κ1) is 15.4. The molecule has 0 aromatic rings. The van der Waals surface area contributed by atoms with Gasteiger partial charge in [0.2, 0.25) is 0 Å². The van der Waals surface area contributed by atoms with Crippen LogP contribution in [0.5, 0.6) is 0 Å². The van der Waals surface area contributed by atoms with E-state index in [0.29, 0.717) is 19.6 Å². The Bertz CT molecular complexity index is 253. The van der Waals surface area contributed by atoms with Crippen LogP contribution in [0.4, 0.5) is 0 Å². The van der Waals surface area contributed by atoms with Gasteiger partial charge in [-0.15, -0.1) is 0 Å². The molecule has 1 rings (SSSR count). The van der Waals surface area contributed by atoms with Crippen molar-refractivity contribution in [3.05, 3.63) is 0 Å². The molecule has 0 bridgehead atoms. The van der Waals surface area contributed by atoms with E-state index in [1.807, 2.05) is 6.92 Å². The van der Waals surface area contributed by atoms with Crippen LogP contribution in [-0.4, -0.2) is 51.6 Å². The zero-order valence-corrected chi connectivity index (χ0v) is 11.7. The van der Waals surface area contributed by atoms with Gasteiger partial charge in [0.25, 0.3) is 0 Å². The van der Waals surface area contributed by atoms with Gasteiger partial charge < -0.3 is 19.5 Å². The van der Waals surface area contributed by atoms with Gasteiger partial charge in [0.05, 0.1) is 19.8 Å². The van der Waals surface area contributed by atoms with Crippen LogP contribution in [0.25, 0.3) is 0 Å². The van der Waals surface area contributed by atoms with Crippen LogP contribution in [0.2, 0.25) is 0 Å². The second kappa shape index (κ2) is 7.71. The number of esters is 1. The molecule has 0 amide bonds. The summed E-state index contributed by atoms with van der Waals surface area (Å²) in [4.78, 5) is 11.6. The van der Waals surface area contributed by atoms with Crippen LogP contribution in [-0.2, 0) is 19.0 Å². The minimum Gasteiger partial charge on any atom is -0.468 e. The molecule has 18 heavy (non-hydrogen) atoms. The third kappa shape index (κ3) is 4.55. The quantitative estimate of drug-likeness (QED) is 0.548. The fraction of sp³-hybridized carbons (Fsp3) is 0.923. The highest BCUT2D eigenvalue weighted by atomic mass is 16.5. The van der Waals surface area contributed by atoms with Crippen molar-refractivity contribution < 1.29 is 19.0 Å². The number of likely N-dealkylation sites (N-methyl/N-ethyl adjacent to an activating group) is 1. The topological polar surface area (TPSA) is 56.8 Å². The van der Waals surface area contributed by atoms with Crippen molar-refractivity contribution in [1.29, 1.82) is 0 Å². The van der Waals surface area contributed by atoms with E-state index in [0.717, 1.165) is 19.4 Å². The van der Waals surface area contributed by atoms with Gasteiger partial charge in [0.1, 0.15) is 5.54 Å². The van der Waals surface area contributed by atoms with Crippen LogP contribution in [0, 0.1) is 0 Å². The second-order valence-corrected chi connectivity index (χ2v) is 4.89. The summed E-state index contributed by atoms with van der Waals surface area (Å²) in [5, 5.41) is 2.98. The number of methoxy groups -OCH3 is 1. The number of hydrogen-bond donors (Lipinski definition) is 1. The Balaban J connectivity index is 2.20. The van der Waals surface area contributed by atoms with E-state index in [-0.39, 0.29) is 12.1 Å². The summed E-state index contributed by atoms with van der Waals surface area (Å²) in [5.41, 5.74) is -0.678. The van der Waals surface area contributed by atoms with Crippen molar-refractivity contribution in [3.63, 3.8) is 0 Å². The number of carbonyl (C=O) groups is 1. The summed E-state index contributed by atoms with van der Waals surface area (Å²) in [7, 11) is 3.15. The zero-order valence-electron chi connectivity index (χ0n) is 11.7. The maximum absolute atomic E-state index is 11.6. The van der Waals surface area contributed by atoms with Crippen LogP contribution >= 0.6 is 0 Å². The molecule has 1 heterocycles. The van der Waals surface area contributed by atoms with Crippen molar-refractivity contribution in [1.82, 2.24) is 5.32 Å². The van der Waals surface area contributed by atoms with Gasteiger partial charge >= 0.3 is 5.97 Å². The van der Waals surface area contributed by atoms with E-state index in [2.05, 4.69) is 5.32 Å². The Morgan fingerprint density at radius 2 is 2.28 bits per heavy atom. The Morgan fingerprint density at radius 3 is 2.83 bits per heavy atom. The molecule has 5 nitrogen and oxygen atoms in total. The third-order valence-electron chi connectivity index (χ3n) is 3.51. The van der Waals surface area contributed by atoms with E-state index in [4.69, 9.17) is 14.2 Å². The lowest BCUT2D eigenvalue weighted by molar-refractivity contribution is -0.148. The summed E-state index contributed by atoms with van der Waals surface area (Å²) in [6, 6.07) is 0. The summed E-state index contributed by atoms with van der Waals surface area (Å²) in [5.74, 6) is -0.262. The summed E-state index contributed by atoms with van der Waals surface area (Å²) in [6.45, 7) is 3.79. The van der Waals surface area contributed by atoms with E-state index in [9.17, 15) is 4.79 Å². The highest BCUT2D eigenvalue weighted by molar-refractivity contribution is 5.80. The molecule has 1 aliphatic rings. The first-order chi connectivity index (χ1) is 8.62. The van der Waals surface area contributed by atoms with Gasteiger partial charge in [-0.25, -0.2) is 0 Å². The molecule has 0 saturated carbocycles. The predicted molar refractivity (Wildman–Crippen MR) is 68.5 cm³/mol. The lowest BCUT2D eigenvalue weighted by Gasteiger charge is -2.27.